The third-order valence-electron chi connectivity index (χ3n) is 4.75. The highest BCUT2D eigenvalue weighted by molar-refractivity contribution is 5.26. The lowest BCUT2D eigenvalue weighted by Crippen LogP contribution is -2.37. The van der Waals surface area contributed by atoms with Crippen LogP contribution in [0.3, 0.4) is 0 Å². The van der Waals surface area contributed by atoms with Crippen molar-refractivity contribution in [3.63, 3.8) is 0 Å². The Kier molecular flexibility index (Phi) is 4.76. The molecule has 2 nitrogen and oxygen atoms in total. The van der Waals surface area contributed by atoms with Crippen LogP contribution in [0.5, 0.6) is 0 Å². The van der Waals surface area contributed by atoms with Gasteiger partial charge in [-0.15, -0.1) is 0 Å². The number of furan rings is 1. The number of hydrogen-bond donors (Lipinski definition) is 1. The second kappa shape index (κ2) is 6.95. The highest BCUT2D eigenvalue weighted by Crippen LogP contribution is 2.29. The van der Waals surface area contributed by atoms with Crippen LogP contribution in [0.15, 0.2) is 53.1 Å². The largest absolute Gasteiger partial charge is 0.467 e. The predicted molar refractivity (Wildman–Crippen MR) is 86.2 cm³/mol. The minimum Gasteiger partial charge on any atom is -0.467 e. The molecule has 3 rings (SSSR count). The molecule has 0 amide bonds. The first-order valence-electron chi connectivity index (χ1n) is 8.19. The van der Waals surface area contributed by atoms with Gasteiger partial charge < -0.3 is 9.73 Å². The zero-order valence-corrected chi connectivity index (χ0v) is 12.8. The van der Waals surface area contributed by atoms with Crippen molar-refractivity contribution in [1.82, 2.24) is 5.32 Å². The van der Waals surface area contributed by atoms with E-state index in [1.54, 1.807) is 6.26 Å². The molecule has 1 saturated carbocycles. The molecule has 1 N–H and O–H groups in total. The quantitative estimate of drug-likeness (QED) is 0.842. The Morgan fingerprint density at radius 3 is 2.43 bits per heavy atom. The normalized spacial score (nSPS) is 19.3. The average Bonchev–Trinajstić information content (AvgIpc) is 3.08. The first kappa shape index (κ1) is 14.4. The van der Waals surface area contributed by atoms with Gasteiger partial charge >= 0.3 is 0 Å². The molecule has 0 spiro atoms. The molecule has 2 aromatic rings. The van der Waals surface area contributed by atoms with Crippen LogP contribution in [0.4, 0.5) is 0 Å². The Morgan fingerprint density at radius 1 is 1.00 bits per heavy atom. The summed E-state index contributed by atoms with van der Waals surface area (Å²) in [5.74, 6) is 1.80. The van der Waals surface area contributed by atoms with Gasteiger partial charge in [-0.1, -0.05) is 49.6 Å². The van der Waals surface area contributed by atoms with Crippen molar-refractivity contribution in [1.29, 1.82) is 0 Å². The van der Waals surface area contributed by atoms with E-state index in [1.165, 1.54) is 37.7 Å². The summed E-state index contributed by atoms with van der Waals surface area (Å²) in [6.45, 7) is 2.33. The van der Waals surface area contributed by atoms with Crippen LogP contribution in [0, 0.1) is 5.92 Å². The molecule has 1 aliphatic carbocycles. The van der Waals surface area contributed by atoms with E-state index >= 15 is 0 Å². The molecule has 21 heavy (non-hydrogen) atoms. The van der Waals surface area contributed by atoms with E-state index in [4.69, 9.17) is 4.42 Å². The van der Waals surface area contributed by atoms with E-state index in [0.717, 1.165) is 11.7 Å². The lowest BCUT2D eigenvalue weighted by Gasteiger charge is -2.31. The molecule has 1 fully saturated rings. The monoisotopic (exact) mass is 283 g/mol. The molecule has 1 aromatic carbocycles. The van der Waals surface area contributed by atoms with E-state index in [0.29, 0.717) is 6.04 Å². The summed E-state index contributed by atoms with van der Waals surface area (Å²) in [6.07, 6.45) is 8.64. The first-order valence-corrected chi connectivity index (χ1v) is 8.19. The summed E-state index contributed by atoms with van der Waals surface area (Å²) in [4.78, 5) is 0. The highest BCUT2D eigenvalue weighted by atomic mass is 16.3. The molecule has 0 radical (unpaired) electrons. The molecule has 1 unspecified atom stereocenters. The zero-order chi connectivity index (χ0) is 14.5. The summed E-state index contributed by atoms with van der Waals surface area (Å²) in [5, 5.41) is 3.81. The van der Waals surface area contributed by atoms with Crippen LogP contribution in [-0.2, 0) is 0 Å². The topological polar surface area (TPSA) is 25.2 Å². The highest BCUT2D eigenvalue weighted by Gasteiger charge is 2.25. The fourth-order valence-electron chi connectivity index (χ4n) is 3.48. The SMILES string of the molecule is C[C@H](NC(c1ccccc1)c1ccco1)C1CCCCC1. The van der Waals surface area contributed by atoms with Gasteiger partial charge in [-0.05, 0) is 43.4 Å². The van der Waals surface area contributed by atoms with Crippen molar-refractivity contribution >= 4 is 0 Å². The fraction of sp³-hybridized carbons (Fsp3) is 0.474. The molecule has 2 heteroatoms. The maximum atomic E-state index is 5.68. The van der Waals surface area contributed by atoms with Crippen molar-refractivity contribution in [2.75, 3.05) is 0 Å². The predicted octanol–water partition coefficient (Wildman–Crippen LogP) is 4.93. The lowest BCUT2D eigenvalue weighted by atomic mass is 9.84. The Balaban J connectivity index is 1.76. The number of hydrogen-bond acceptors (Lipinski definition) is 2. The smallest absolute Gasteiger partial charge is 0.125 e. The summed E-state index contributed by atoms with van der Waals surface area (Å²) in [6, 6.07) is 15.3. The molecular formula is C19H25NO. The van der Waals surface area contributed by atoms with Crippen molar-refractivity contribution < 1.29 is 4.42 Å². The van der Waals surface area contributed by atoms with Gasteiger partial charge in [-0.25, -0.2) is 0 Å². The van der Waals surface area contributed by atoms with Gasteiger partial charge in [0.2, 0.25) is 0 Å². The Labute approximate surface area is 127 Å². The maximum absolute atomic E-state index is 5.68. The minimum atomic E-state index is 0.151. The van der Waals surface area contributed by atoms with Crippen LogP contribution in [0.25, 0.3) is 0 Å². The van der Waals surface area contributed by atoms with Crippen LogP contribution < -0.4 is 5.32 Å². The summed E-state index contributed by atoms with van der Waals surface area (Å²) >= 11 is 0. The molecule has 1 heterocycles. The van der Waals surface area contributed by atoms with Gasteiger partial charge in [0.05, 0.1) is 12.3 Å². The second-order valence-corrected chi connectivity index (χ2v) is 6.21. The standard InChI is InChI=1S/C19H25NO/c1-15(16-9-4-2-5-10-16)20-19(18-13-8-14-21-18)17-11-6-3-7-12-17/h3,6-8,11-16,19-20H,2,4-5,9-10H2,1H3/t15-,19?/m0/s1. The van der Waals surface area contributed by atoms with E-state index in [9.17, 15) is 0 Å². The Hall–Kier alpha value is -1.54. The number of benzene rings is 1. The first-order chi connectivity index (χ1) is 10.3. The number of rotatable bonds is 5. The number of nitrogens with one attached hydrogen (secondary N) is 1. The van der Waals surface area contributed by atoms with Gasteiger partial charge in [0, 0.05) is 6.04 Å². The van der Waals surface area contributed by atoms with Crippen molar-refractivity contribution in [2.24, 2.45) is 5.92 Å². The Morgan fingerprint density at radius 2 is 1.76 bits per heavy atom. The van der Waals surface area contributed by atoms with Crippen molar-refractivity contribution in [3.05, 3.63) is 60.1 Å². The lowest BCUT2D eigenvalue weighted by molar-refractivity contribution is 0.264. The third-order valence-corrected chi connectivity index (χ3v) is 4.75. The van der Waals surface area contributed by atoms with Crippen molar-refractivity contribution in [2.45, 2.75) is 51.1 Å². The molecule has 112 valence electrons. The molecule has 2 atom stereocenters. The Bertz CT molecular complexity index is 514. The van der Waals surface area contributed by atoms with Crippen LogP contribution in [-0.4, -0.2) is 6.04 Å². The van der Waals surface area contributed by atoms with Gasteiger partial charge in [0.1, 0.15) is 5.76 Å². The van der Waals surface area contributed by atoms with Gasteiger partial charge in [-0.3, -0.25) is 0 Å². The zero-order valence-electron chi connectivity index (χ0n) is 12.8. The van der Waals surface area contributed by atoms with Gasteiger partial charge in [0.25, 0.3) is 0 Å². The fourth-order valence-corrected chi connectivity index (χ4v) is 3.48. The molecule has 0 aliphatic heterocycles. The molecule has 1 aliphatic rings. The van der Waals surface area contributed by atoms with E-state index in [2.05, 4.69) is 48.6 Å². The van der Waals surface area contributed by atoms with Crippen LogP contribution in [0.1, 0.15) is 56.4 Å². The third kappa shape index (κ3) is 3.56. The van der Waals surface area contributed by atoms with E-state index < -0.39 is 0 Å². The molecular weight excluding hydrogens is 258 g/mol. The maximum Gasteiger partial charge on any atom is 0.125 e. The summed E-state index contributed by atoms with van der Waals surface area (Å²) in [7, 11) is 0. The van der Waals surface area contributed by atoms with Gasteiger partial charge in [-0.2, -0.15) is 0 Å². The minimum absolute atomic E-state index is 0.151. The average molecular weight is 283 g/mol. The second-order valence-electron chi connectivity index (χ2n) is 6.21. The van der Waals surface area contributed by atoms with Crippen molar-refractivity contribution in [3.8, 4) is 0 Å². The van der Waals surface area contributed by atoms with Gasteiger partial charge in [0.15, 0.2) is 0 Å². The van der Waals surface area contributed by atoms with Crippen LogP contribution in [0.2, 0.25) is 0 Å². The summed E-state index contributed by atoms with van der Waals surface area (Å²) < 4.78 is 5.68. The molecule has 1 aromatic heterocycles. The van der Waals surface area contributed by atoms with E-state index in [-0.39, 0.29) is 6.04 Å². The molecule has 0 bridgehead atoms. The van der Waals surface area contributed by atoms with Crippen LogP contribution >= 0.6 is 0 Å². The molecule has 0 saturated heterocycles. The van der Waals surface area contributed by atoms with E-state index in [1.807, 2.05) is 6.07 Å². The summed E-state index contributed by atoms with van der Waals surface area (Å²) in [5.41, 5.74) is 1.27.